The van der Waals surface area contributed by atoms with Crippen LogP contribution in [0.25, 0.3) is 0 Å². The minimum absolute atomic E-state index is 0.0836. The van der Waals surface area contributed by atoms with Crippen molar-refractivity contribution in [2.24, 2.45) is 0 Å². The monoisotopic (exact) mass is 383 g/mol. The zero-order chi connectivity index (χ0) is 16.0. The molecule has 0 saturated carbocycles. The van der Waals surface area contributed by atoms with Crippen LogP contribution in [0, 0.1) is 0 Å². The van der Waals surface area contributed by atoms with Crippen molar-refractivity contribution in [1.29, 1.82) is 0 Å². The van der Waals surface area contributed by atoms with E-state index in [1.807, 2.05) is 24.3 Å². The van der Waals surface area contributed by atoms with Crippen molar-refractivity contribution in [1.82, 2.24) is 4.90 Å². The summed E-state index contributed by atoms with van der Waals surface area (Å²) < 4.78 is 38.3. The molecule has 2 nitrogen and oxygen atoms in total. The fourth-order valence-corrected chi connectivity index (χ4v) is 3.21. The molecule has 0 saturated heterocycles. The molecule has 0 atom stereocenters. The maximum atomic E-state index is 12.5. The van der Waals surface area contributed by atoms with Crippen molar-refractivity contribution in [2.75, 3.05) is 12.3 Å². The molecule has 0 spiro atoms. The van der Waals surface area contributed by atoms with Gasteiger partial charge in [0.05, 0.1) is 0 Å². The van der Waals surface area contributed by atoms with Gasteiger partial charge in [-0.2, -0.15) is 13.2 Å². The van der Waals surface area contributed by atoms with Crippen LogP contribution in [0.5, 0.6) is 0 Å². The Labute approximate surface area is 135 Å². The first-order chi connectivity index (χ1) is 9.70. The molecule has 1 aromatic rings. The van der Waals surface area contributed by atoms with Gasteiger partial charge in [0, 0.05) is 27.6 Å². The molecule has 0 aliphatic rings. The summed E-state index contributed by atoms with van der Waals surface area (Å²) in [4.78, 5) is 13.8. The van der Waals surface area contributed by atoms with E-state index in [0.29, 0.717) is 5.75 Å². The van der Waals surface area contributed by atoms with Crippen LogP contribution in [-0.2, 0) is 4.79 Å². The molecular formula is C14H17BrF3NOS. The molecule has 7 heteroatoms. The van der Waals surface area contributed by atoms with E-state index >= 15 is 0 Å². The Kier molecular flexibility index (Phi) is 7.06. The maximum absolute atomic E-state index is 12.5. The van der Waals surface area contributed by atoms with Crippen LogP contribution >= 0.6 is 27.7 Å². The lowest BCUT2D eigenvalue weighted by atomic mass is 10.3. The van der Waals surface area contributed by atoms with Crippen LogP contribution < -0.4 is 0 Å². The lowest BCUT2D eigenvalue weighted by molar-refractivity contribution is -0.164. The molecule has 0 bridgehead atoms. The second kappa shape index (κ2) is 8.08. The number of alkyl halides is 3. The van der Waals surface area contributed by atoms with Crippen LogP contribution in [-0.4, -0.2) is 35.3 Å². The minimum Gasteiger partial charge on any atom is -0.331 e. The Morgan fingerprint density at radius 3 is 2.48 bits per heavy atom. The molecule has 0 aliphatic carbocycles. The van der Waals surface area contributed by atoms with Crippen LogP contribution in [0.2, 0.25) is 0 Å². The van der Waals surface area contributed by atoms with E-state index in [0.717, 1.165) is 14.3 Å². The van der Waals surface area contributed by atoms with E-state index in [2.05, 4.69) is 15.9 Å². The van der Waals surface area contributed by atoms with Gasteiger partial charge in [-0.15, -0.1) is 11.8 Å². The predicted octanol–water partition coefficient (Wildman–Crippen LogP) is 4.73. The van der Waals surface area contributed by atoms with Gasteiger partial charge in [0.1, 0.15) is 6.54 Å². The van der Waals surface area contributed by atoms with Gasteiger partial charge >= 0.3 is 6.18 Å². The standard InChI is InChI=1S/C14H17BrF3NOS/c1-10(2)19(9-14(16,17)18)13(20)7-8-21-12-6-4-3-5-11(12)15/h3-6,10H,7-9H2,1-2H3. The molecule has 21 heavy (non-hydrogen) atoms. The summed E-state index contributed by atoms with van der Waals surface area (Å²) in [5.74, 6) is -0.0235. The molecule has 0 aliphatic heterocycles. The Bertz CT molecular complexity index is 480. The zero-order valence-corrected chi connectivity index (χ0v) is 14.2. The first-order valence-corrected chi connectivity index (χ1v) is 8.22. The molecule has 0 radical (unpaired) electrons. The Balaban J connectivity index is 2.53. The van der Waals surface area contributed by atoms with Crippen molar-refractivity contribution in [3.8, 4) is 0 Å². The highest BCUT2D eigenvalue weighted by molar-refractivity contribution is 9.10. The number of thioether (sulfide) groups is 1. The quantitative estimate of drug-likeness (QED) is 0.661. The third kappa shape index (κ3) is 6.74. The first-order valence-electron chi connectivity index (χ1n) is 6.44. The van der Waals surface area contributed by atoms with Crippen molar-refractivity contribution >= 4 is 33.6 Å². The molecule has 0 fully saturated rings. The molecular weight excluding hydrogens is 367 g/mol. The Hall–Kier alpha value is -0.690. The second-order valence-corrected chi connectivity index (χ2v) is 6.75. The highest BCUT2D eigenvalue weighted by Crippen LogP contribution is 2.28. The summed E-state index contributed by atoms with van der Waals surface area (Å²) in [5, 5.41) is 0. The highest BCUT2D eigenvalue weighted by atomic mass is 79.9. The number of hydrogen-bond donors (Lipinski definition) is 0. The number of halogens is 4. The number of amides is 1. The third-order valence-electron chi connectivity index (χ3n) is 2.70. The fourth-order valence-electron chi connectivity index (χ4n) is 1.71. The first kappa shape index (κ1) is 18.4. The van der Waals surface area contributed by atoms with E-state index in [9.17, 15) is 18.0 Å². The summed E-state index contributed by atoms with van der Waals surface area (Å²) in [6.07, 6.45) is -4.28. The molecule has 0 unspecified atom stereocenters. The summed E-state index contributed by atoms with van der Waals surface area (Å²) in [7, 11) is 0. The Morgan fingerprint density at radius 2 is 1.95 bits per heavy atom. The normalized spacial score (nSPS) is 11.8. The van der Waals surface area contributed by atoms with Gasteiger partial charge in [-0.05, 0) is 41.9 Å². The molecule has 0 N–H and O–H groups in total. The van der Waals surface area contributed by atoms with Crippen molar-refractivity contribution in [3.05, 3.63) is 28.7 Å². The molecule has 1 aromatic carbocycles. The smallest absolute Gasteiger partial charge is 0.331 e. The van der Waals surface area contributed by atoms with E-state index in [4.69, 9.17) is 0 Å². The van der Waals surface area contributed by atoms with Gasteiger partial charge in [0.15, 0.2) is 0 Å². The number of nitrogens with zero attached hydrogens (tertiary/aromatic N) is 1. The van der Waals surface area contributed by atoms with Crippen LogP contribution in [0.15, 0.2) is 33.6 Å². The van der Waals surface area contributed by atoms with E-state index in [1.54, 1.807) is 13.8 Å². The van der Waals surface area contributed by atoms with Crippen molar-refractivity contribution in [2.45, 2.75) is 37.4 Å². The summed E-state index contributed by atoms with van der Waals surface area (Å²) >= 11 is 4.84. The average Bonchev–Trinajstić information content (AvgIpc) is 2.37. The number of hydrogen-bond acceptors (Lipinski definition) is 2. The molecule has 118 valence electrons. The van der Waals surface area contributed by atoms with Gasteiger partial charge in [0.2, 0.25) is 5.91 Å². The van der Waals surface area contributed by atoms with Gasteiger partial charge in [-0.3, -0.25) is 4.79 Å². The lowest BCUT2D eigenvalue weighted by Crippen LogP contribution is -2.43. The van der Waals surface area contributed by atoms with Gasteiger partial charge in [-0.1, -0.05) is 12.1 Å². The summed E-state index contributed by atoms with van der Waals surface area (Å²) in [6, 6.07) is 7.07. The van der Waals surface area contributed by atoms with Crippen molar-refractivity contribution in [3.63, 3.8) is 0 Å². The molecule has 1 amide bonds. The largest absolute Gasteiger partial charge is 0.406 e. The van der Waals surface area contributed by atoms with E-state index in [1.165, 1.54) is 11.8 Å². The zero-order valence-electron chi connectivity index (χ0n) is 11.8. The van der Waals surface area contributed by atoms with Crippen molar-refractivity contribution < 1.29 is 18.0 Å². The van der Waals surface area contributed by atoms with Gasteiger partial charge in [-0.25, -0.2) is 0 Å². The molecule has 0 aromatic heterocycles. The number of carbonyl (C=O) groups is 1. The third-order valence-corrected chi connectivity index (χ3v) is 4.73. The van der Waals surface area contributed by atoms with Gasteiger partial charge < -0.3 is 4.90 Å². The minimum atomic E-state index is -4.37. The van der Waals surface area contributed by atoms with Crippen LogP contribution in [0.4, 0.5) is 13.2 Å². The topological polar surface area (TPSA) is 20.3 Å². The highest BCUT2D eigenvalue weighted by Gasteiger charge is 2.33. The number of carbonyl (C=O) groups excluding carboxylic acids is 1. The maximum Gasteiger partial charge on any atom is 0.406 e. The van der Waals surface area contributed by atoms with E-state index in [-0.39, 0.29) is 6.42 Å². The van der Waals surface area contributed by atoms with Crippen LogP contribution in [0.3, 0.4) is 0 Å². The average molecular weight is 384 g/mol. The molecule has 1 rings (SSSR count). The summed E-state index contributed by atoms with van der Waals surface area (Å²) in [6.45, 7) is 1.98. The number of rotatable bonds is 6. The van der Waals surface area contributed by atoms with Crippen LogP contribution in [0.1, 0.15) is 20.3 Å². The Morgan fingerprint density at radius 1 is 1.33 bits per heavy atom. The summed E-state index contributed by atoms with van der Waals surface area (Å²) in [5.41, 5.74) is 0. The fraction of sp³-hybridized carbons (Fsp3) is 0.500. The second-order valence-electron chi connectivity index (χ2n) is 4.76. The predicted molar refractivity (Wildman–Crippen MR) is 82.4 cm³/mol. The molecule has 0 heterocycles. The van der Waals surface area contributed by atoms with Gasteiger partial charge in [0.25, 0.3) is 0 Å². The number of benzene rings is 1. The lowest BCUT2D eigenvalue weighted by Gasteiger charge is -2.27. The SMILES string of the molecule is CC(C)N(CC(F)(F)F)C(=O)CCSc1ccccc1Br. The van der Waals surface area contributed by atoms with E-state index < -0.39 is 24.7 Å².